The first kappa shape index (κ1) is 22.2. The fourth-order valence-corrected chi connectivity index (χ4v) is 5.07. The van der Waals surface area contributed by atoms with Gasteiger partial charge in [-0.1, -0.05) is 31.0 Å². The van der Waals surface area contributed by atoms with Gasteiger partial charge in [-0.05, 0) is 73.0 Å². The number of pyridine rings is 1. The average Bonchev–Trinajstić information content (AvgIpc) is 3.49. The van der Waals surface area contributed by atoms with E-state index in [-0.39, 0.29) is 24.3 Å². The molecule has 6 heteroatoms. The molecule has 1 saturated carbocycles. The van der Waals surface area contributed by atoms with Crippen molar-refractivity contribution in [3.63, 3.8) is 0 Å². The Morgan fingerprint density at radius 1 is 1.09 bits per heavy atom. The van der Waals surface area contributed by atoms with Crippen LogP contribution in [0.25, 0.3) is 0 Å². The first-order valence-electron chi connectivity index (χ1n) is 11.2. The molecule has 166 valence electrons. The van der Waals surface area contributed by atoms with Crippen LogP contribution in [-0.4, -0.2) is 22.8 Å². The standard InChI is InChI=1S/C26H29N3O2S/c1-18-7-5-11-23(19(18)2)29(24(30)17-22-10-6-16-32-22)25(20-12-14-27-15-13-20)26(31)28-21-8-3-4-9-21/h5-7,10-16,21,25H,3-4,8-9,17H2,1-2H3,(H,28,31). The summed E-state index contributed by atoms with van der Waals surface area (Å²) in [6.45, 7) is 4.04. The first-order chi connectivity index (χ1) is 15.5. The molecule has 4 rings (SSSR count). The highest BCUT2D eigenvalue weighted by Gasteiger charge is 2.35. The topological polar surface area (TPSA) is 62.3 Å². The predicted octanol–water partition coefficient (Wildman–Crippen LogP) is 5.14. The molecule has 1 aromatic carbocycles. The van der Waals surface area contributed by atoms with Gasteiger partial charge in [-0.15, -0.1) is 11.3 Å². The third-order valence-electron chi connectivity index (χ3n) is 6.24. The zero-order valence-electron chi connectivity index (χ0n) is 18.6. The molecule has 2 heterocycles. The highest BCUT2D eigenvalue weighted by atomic mass is 32.1. The molecular weight excluding hydrogens is 418 g/mol. The van der Waals surface area contributed by atoms with E-state index in [0.717, 1.165) is 52.9 Å². The van der Waals surface area contributed by atoms with Crippen LogP contribution in [0, 0.1) is 13.8 Å². The Hall–Kier alpha value is -2.99. The van der Waals surface area contributed by atoms with E-state index in [1.54, 1.807) is 28.6 Å². The Balaban J connectivity index is 1.78. The normalized spacial score (nSPS) is 14.8. The molecule has 5 nitrogen and oxygen atoms in total. The van der Waals surface area contributed by atoms with Gasteiger partial charge in [0, 0.05) is 29.0 Å². The monoisotopic (exact) mass is 447 g/mol. The molecule has 0 bridgehead atoms. The lowest BCUT2D eigenvalue weighted by Gasteiger charge is -2.33. The van der Waals surface area contributed by atoms with Crippen molar-refractivity contribution in [2.45, 2.75) is 58.0 Å². The lowest BCUT2D eigenvalue weighted by atomic mass is 10.00. The van der Waals surface area contributed by atoms with Crippen molar-refractivity contribution >= 4 is 28.8 Å². The van der Waals surface area contributed by atoms with Crippen LogP contribution in [0.15, 0.2) is 60.2 Å². The van der Waals surface area contributed by atoms with Crippen LogP contribution in [0.3, 0.4) is 0 Å². The molecule has 0 radical (unpaired) electrons. The maximum Gasteiger partial charge on any atom is 0.248 e. The van der Waals surface area contributed by atoms with E-state index in [1.165, 1.54) is 0 Å². The SMILES string of the molecule is Cc1cccc(N(C(=O)Cc2cccs2)C(C(=O)NC2CCCC2)c2ccncc2)c1C. The van der Waals surface area contributed by atoms with Gasteiger partial charge in [0.2, 0.25) is 11.8 Å². The highest BCUT2D eigenvalue weighted by Crippen LogP contribution is 2.33. The Morgan fingerprint density at radius 2 is 1.84 bits per heavy atom. The van der Waals surface area contributed by atoms with E-state index in [2.05, 4.69) is 10.3 Å². The van der Waals surface area contributed by atoms with E-state index in [1.807, 2.05) is 61.7 Å². The highest BCUT2D eigenvalue weighted by molar-refractivity contribution is 7.10. The van der Waals surface area contributed by atoms with E-state index < -0.39 is 6.04 Å². The predicted molar refractivity (Wildman–Crippen MR) is 129 cm³/mol. The van der Waals surface area contributed by atoms with Gasteiger partial charge < -0.3 is 5.32 Å². The second-order valence-electron chi connectivity index (χ2n) is 8.41. The summed E-state index contributed by atoms with van der Waals surface area (Å²) in [7, 11) is 0. The van der Waals surface area contributed by atoms with Gasteiger partial charge in [0.15, 0.2) is 0 Å². The molecule has 1 N–H and O–H groups in total. The van der Waals surface area contributed by atoms with Crippen molar-refractivity contribution < 1.29 is 9.59 Å². The largest absolute Gasteiger partial charge is 0.351 e. The average molecular weight is 448 g/mol. The van der Waals surface area contributed by atoms with Gasteiger partial charge in [-0.2, -0.15) is 0 Å². The summed E-state index contributed by atoms with van der Waals surface area (Å²) in [6, 6.07) is 12.9. The molecule has 0 aliphatic heterocycles. The molecule has 32 heavy (non-hydrogen) atoms. The number of amides is 2. The molecule has 2 amide bonds. The zero-order valence-corrected chi connectivity index (χ0v) is 19.4. The summed E-state index contributed by atoms with van der Waals surface area (Å²) in [5.41, 5.74) is 3.62. The number of nitrogens with zero attached hydrogens (tertiary/aromatic N) is 2. The number of carbonyl (C=O) groups excluding carboxylic acids is 2. The van der Waals surface area contributed by atoms with Gasteiger partial charge in [0.25, 0.3) is 0 Å². The second-order valence-corrected chi connectivity index (χ2v) is 9.44. The van der Waals surface area contributed by atoms with Crippen LogP contribution in [0.2, 0.25) is 0 Å². The van der Waals surface area contributed by atoms with E-state index in [0.29, 0.717) is 0 Å². The van der Waals surface area contributed by atoms with Crippen LogP contribution in [0.5, 0.6) is 0 Å². The van der Waals surface area contributed by atoms with E-state index in [4.69, 9.17) is 0 Å². The van der Waals surface area contributed by atoms with Gasteiger partial charge >= 0.3 is 0 Å². The van der Waals surface area contributed by atoms with Gasteiger partial charge in [0.1, 0.15) is 6.04 Å². The quantitative estimate of drug-likeness (QED) is 0.546. The summed E-state index contributed by atoms with van der Waals surface area (Å²) in [6.07, 6.45) is 7.84. The minimum Gasteiger partial charge on any atom is -0.351 e. The molecule has 1 aliphatic rings. The number of rotatable bonds is 7. The molecule has 1 unspecified atom stereocenters. The first-order valence-corrected chi connectivity index (χ1v) is 12.0. The maximum absolute atomic E-state index is 13.8. The zero-order chi connectivity index (χ0) is 22.5. The van der Waals surface area contributed by atoms with E-state index in [9.17, 15) is 9.59 Å². The lowest BCUT2D eigenvalue weighted by molar-refractivity contribution is -0.127. The van der Waals surface area contributed by atoms with Gasteiger partial charge in [-0.25, -0.2) is 0 Å². The fourth-order valence-electron chi connectivity index (χ4n) is 4.38. The van der Waals surface area contributed by atoms with Crippen LogP contribution < -0.4 is 10.2 Å². The maximum atomic E-state index is 13.8. The molecule has 1 atom stereocenters. The Kier molecular flexibility index (Phi) is 7.00. The summed E-state index contributed by atoms with van der Waals surface area (Å²) in [4.78, 5) is 34.3. The van der Waals surface area contributed by atoms with Gasteiger partial charge in [0.05, 0.1) is 6.42 Å². The Labute approximate surface area is 193 Å². The van der Waals surface area contributed by atoms with Crippen molar-refractivity contribution in [3.8, 4) is 0 Å². The summed E-state index contributed by atoms with van der Waals surface area (Å²) >= 11 is 1.56. The smallest absolute Gasteiger partial charge is 0.248 e. The number of nitrogens with one attached hydrogen (secondary N) is 1. The third-order valence-corrected chi connectivity index (χ3v) is 7.12. The Bertz CT molecular complexity index is 1060. The van der Waals surface area contributed by atoms with Crippen LogP contribution in [-0.2, 0) is 16.0 Å². The second kappa shape index (κ2) is 10.1. The summed E-state index contributed by atoms with van der Waals surface area (Å²) in [5, 5.41) is 5.20. The van der Waals surface area contributed by atoms with Crippen molar-refractivity contribution in [1.29, 1.82) is 0 Å². The number of aryl methyl sites for hydroxylation is 1. The molecule has 3 aromatic rings. The molecular formula is C26H29N3O2S. The van der Waals surface area contributed by atoms with Crippen molar-refractivity contribution in [2.24, 2.45) is 0 Å². The van der Waals surface area contributed by atoms with Crippen LogP contribution in [0.4, 0.5) is 5.69 Å². The minimum atomic E-state index is -0.758. The minimum absolute atomic E-state index is 0.0930. The number of carbonyl (C=O) groups is 2. The van der Waals surface area contributed by atoms with E-state index >= 15 is 0 Å². The molecule has 1 aliphatic carbocycles. The number of aromatic nitrogens is 1. The van der Waals surface area contributed by atoms with Crippen LogP contribution >= 0.6 is 11.3 Å². The Morgan fingerprint density at radius 3 is 2.53 bits per heavy atom. The molecule has 0 spiro atoms. The number of benzene rings is 1. The molecule has 2 aromatic heterocycles. The van der Waals surface area contributed by atoms with Crippen molar-refractivity contribution in [2.75, 3.05) is 4.90 Å². The number of anilines is 1. The number of hydrogen-bond donors (Lipinski definition) is 1. The molecule has 0 saturated heterocycles. The molecule has 1 fully saturated rings. The van der Waals surface area contributed by atoms with Crippen molar-refractivity contribution in [3.05, 3.63) is 81.8 Å². The lowest BCUT2D eigenvalue weighted by Crippen LogP contribution is -2.47. The fraction of sp³-hybridized carbons (Fsp3) is 0.346. The third kappa shape index (κ3) is 4.91. The van der Waals surface area contributed by atoms with Crippen molar-refractivity contribution in [1.82, 2.24) is 10.3 Å². The summed E-state index contributed by atoms with van der Waals surface area (Å²) < 4.78 is 0. The number of hydrogen-bond acceptors (Lipinski definition) is 4. The number of thiophene rings is 1. The van der Waals surface area contributed by atoms with Gasteiger partial charge in [-0.3, -0.25) is 19.5 Å². The summed E-state index contributed by atoms with van der Waals surface area (Å²) in [5.74, 6) is -0.229. The van der Waals surface area contributed by atoms with Crippen LogP contribution in [0.1, 0.15) is 53.3 Å².